The Hall–Kier alpha value is -2.02. The van der Waals surface area contributed by atoms with Crippen molar-refractivity contribution in [2.24, 2.45) is 0 Å². The second-order valence-corrected chi connectivity index (χ2v) is 2.46. The topological polar surface area (TPSA) is 96.0 Å². The highest BCUT2D eigenvalue weighted by Gasteiger charge is 2.07. The molecular formula is C7H8N4O3. The zero-order valence-corrected chi connectivity index (χ0v) is 7.31. The van der Waals surface area contributed by atoms with Crippen LogP contribution < -0.4 is 4.89 Å². The molecule has 0 bridgehead atoms. The summed E-state index contributed by atoms with van der Waals surface area (Å²) in [4.78, 5) is 22.3. The molecule has 74 valence electrons. The molecule has 0 saturated heterocycles. The largest absolute Gasteiger partial charge is 0.493 e. The first-order valence-corrected chi connectivity index (χ1v) is 3.79. The standard InChI is InChI=1S/C7H8N4O3/c1-13-14-5-3-9-7(11-5)6-8-2-4(12)10-6/h2-3,12H,1H3,(H,8,10)(H,9,11). The van der Waals surface area contributed by atoms with E-state index in [0.29, 0.717) is 17.5 Å². The van der Waals surface area contributed by atoms with Gasteiger partial charge in [-0.3, -0.25) is 0 Å². The predicted molar refractivity (Wildman–Crippen MR) is 45.5 cm³/mol. The smallest absolute Gasteiger partial charge is 0.254 e. The van der Waals surface area contributed by atoms with Gasteiger partial charge in [-0.05, 0) is 0 Å². The molecule has 0 spiro atoms. The van der Waals surface area contributed by atoms with Gasteiger partial charge in [-0.25, -0.2) is 9.97 Å². The van der Waals surface area contributed by atoms with Crippen molar-refractivity contribution in [3.05, 3.63) is 12.4 Å². The first-order chi connectivity index (χ1) is 6.79. The van der Waals surface area contributed by atoms with Crippen LogP contribution >= 0.6 is 0 Å². The Balaban J connectivity index is 2.24. The molecule has 0 aliphatic carbocycles. The highest BCUT2D eigenvalue weighted by atomic mass is 17.2. The van der Waals surface area contributed by atoms with Gasteiger partial charge in [-0.15, -0.1) is 0 Å². The summed E-state index contributed by atoms with van der Waals surface area (Å²) in [5.74, 6) is 1.22. The normalized spacial score (nSPS) is 10.4. The first kappa shape index (κ1) is 8.57. The lowest BCUT2D eigenvalue weighted by molar-refractivity contribution is -0.181. The molecule has 2 heterocycles. The van der Waals surface area contributed by atoms with Gasteiger partial charge in [0, 0.05) is 0 Å². The van der Waals surface area contributed by atoms with Crippen molar-refractivity contribution < 1.29 is 14.9 Å². The van der Waals surface area contributed by atoms with Gasteiger partial charge in [0.1, 0.15) is 0 Å². The number of H-pyrrole nitrogens is 2. The van der Waals surface area contributed by atoms with E-state index in [1.165, 1.54) is 19.5 Å². The molecule has 2 aromatic rings. The summed E-state index contributed by atoms with van der Waals surface area (Å²) in [6, 6.07) is 0. The number of hydrogen-bond acceptors (Lipinski definition) is 5. The van der Waals surface area contributed by atoms with Crippen LogP contribution in [0.5, 0.6) is 11.8 Å². The lowest BCUT2D eigenvalue weighted by Crippen LogP contribution is -1.90. The van der Waals surface area contributed by atoms with Crippen molar-refractivity contribution in [1.29, 1.82) is 0 Å². The third-order valence-electron chi connectivity index (χ3n) is 1.51. The molecule has 2 aromatic heterocycles. The van der Waals surface area contributed by atoms with E-state index in [9.17, 15) is 0 Å². The van der Waals surface area contributed by atoms with Crippen LogP contribution in [0.15, 0.2) is 12.4 Å². The van der Waals surface area contributed by atoms with Crippen LogP contribution in [0.2, 0.25) is 0 Å². The van der Waals surface area contributed by atoms with Crippen molar-refractivity contribution in [3.8, 4) is 23.4 Å². The van der Waals surface area contributed by atoms with Crippen molar-refractivity contribution in [2.45, 2.75) is 0 Å². The molecule has 2 rings (SSSR count). The molecule has 14 heavy (non-hydrogen) atoms. The summed E-state index contributed by atoms with van der Waals surface area (Å²) in [7, 11) is 1.39. The van der Waals surface area contributed by atoms with E-state index in [4.69, 9.17) is 9.99 Å². The Morgan fingerprint density at radius 3 is 2.57 bits per heavy atom. The summed E-state index contributed by atoms with van der Waals surface area (Å²) in [6.07, 6.45) is 2.73. The number of imidazole rings is 2. The number of nitrogens with one attached hydrogen (secondary N) is 2. The second kappa shape index (κ2) is 3.38. The van der Waals surface area contributed by atoms with Crippen molar-refractivity contribution in [1.82, 2.24) is 19.9 Å². The van der Waals surface area contributed by atoms with Gasteiger partial charge in [0.05, 0.1) is 19.5 Å². The van der Waals surface area contributed by atoms with Gasteiger partial charge in [0.15, 0.2) is 11.6 Å². The van der Waals surface area contributed by atoms with E-state index < -0.39 is 0 Å². The predicted octanol–water partition coefficient (Wildman–Crippen LogP) is 0.446. The van der Waals surface area contributed by atoms with Crippen LogP contribution in [-0.4, -0.2) is 32.2 Å². The van der Waals surface area contributed by atoms with E-state index in [1.807, 2.05) is 0 Å². The van der Waals surface area contributed by atoms with Crippen LogP contribution in [0, 0.1) is 0 Å². The molecule has 0 fully saturated rings. The minimum Gasteiger partial charge on any atom is -0.493 e. The van der Waals surface area contributed by atoms with Crippen molar-refractivity contribution >= 4 is 0 Å². The van der Waals surface area contributed by atoms with Crippen LogP contribution in [-0.2, 0) is 4.89 Å². The van der Waals surface area contributed by atoms with Crippen LogP contribution in [0.3, 0.4) is 0 Å². The zero-order valence-electron chi connectivity index (χ0n) is 7.31. The number of aromatic hydroxyl groups is 1. The lowest BCUT2D eigenvalue weighted by atomic mass is 10.6. The number of aromatic nitrogens is 4. The Morgan fingerprint density at radius 2 is 1.93 bits per heavy atom. The molecule has 0 saturated carbocycles. The van der Waals surface area contributed by atoms with Crippen LogP contribution in [0.1, 0.15) is 0 Å². The number of aromatic amines is 2. The van der Waals surface area contributed by atoms with E-state index in [1.54, 1.807) is 0 Å². The fraction of sp³-hybridized carbons (Fsp3) is 0.143. The highest BCUT2D eigenvalue weighted by molar-refractivity contribution is 5.45. The Labute approximate surface area is 78.7 Å². The third kappa shape index (κ3) is 1.52. The monoisotopic (exact) mass is 196 g/mol. The SMILES string of the molecule is COOc1cnc(-c2ncc(O)[nH]2)[nH]1. The molecule has 3 N–H and O–H groups in total. The molecule has 0 aliphatic rings. The minimum absolute atomic E-state index is 0.0226. The van der Waals surface area contributed by atoms with Gasteiger partial charge in [-0.1, -0.05) is 0 Å². The van der Waals surface area contributed by atoms with Crippen molar-refractivity contribution in [2.75, 3.05) is 7.11 Å². The molecule has 0 aliphatic heterocycles. The lowest BCUT2D eigenvalue weighted by Gasteiger charge is -1.93. The first-order valence-electron chi connectivity index (χ1n) is 3.79. The van der Waals surface area contributed by atoms with Crippen molar-refractivity contribution in [3.63, 3.8) is 0 Å². The van der Waals surface area contributed by atoms with Gasteiger partial charge < -0.3 is 20.0 Å². The number of rotatable bonds is 3. The average Bonchev–Trinajstić information content (AvgIpc) is 2.74. The maximum Gasteiger partial charge on any atom is 0.254 e. The summed E-state index contributed by atoms with van der Waals surface area (Å²) in [5.41, 5.74) is 0. The zero-order chi connectivity index (χ0) is 9.97. The van der Waals surface area contributed by atoms with Crippen LogP contribution in [0.25, 0.3) is 11.6 Å². The summed E-state index contributed by atoms with van der Waals surface area (Å²) in [6.45, 7) is 0. The Bertz CT molecular complexity index is 422. The highest BCUT2D eigenvalue weighted by Crippen LogP contribution is 2.17. The fourth-order valence-electron chi connectivity index (χ4n) is 0.989. The van der Waals surface area contributed by atoms with E-state index >= 15 is 0 Å². The van der Waals surface area contributed by atoms with E-state index in [0.717, 1.165) is 0 Å². The van der Waals surface area contributed by atoms with Gasteiger partial charge in [0.2, 0.25) is 5.88 Å². The summed E-state index contributed by atoms with van der Waals surface area (Å²) in [5, 5.41) is 9.01. The maximum atomic E-state index is 9.01. The fourth-order valence-corrected chi connectivity index (χ4v) is 0.989. The number of nitrogens with zero attached hydrogens (tertiary/aromatic N) is 2. The quantitative estimate of drug-likeness (QED) is 0.489. The Kier molecular flexibility index (Phi) is 2.07. The maximum absolute atomic E-state index is 9.01. The van der Waals surface area contributed by atoms with Gasteiger partial charge >= 0.3 is 0 Å². The third-order valence-corrected chi connectivity index (χ3v) is 1.51. The van der Waals surface area contributed by atoms with E-state index in [2.05, 4.69) is 24.8 Å². The Morgan fingerprint density at radius 1 is 1.21 bits per heavy atom. The van der Waals surface area contributed by atoms with Crippen LogP contribution in [0.4, 0.5) is 0 Å². The van der Waals surface area contributed by atoms with Gasteiger partial charge in [0.25, 0.3) is 5.88 Å². The summed E-state index contributed by atoms with van der Waals surface area (Å²) >= 11 is 0. The van der Waals surface area contributed by atoms with Gasteiger partial charge in [-0.2, -0.15) is 4.89 Å². The molecule has 0 unspecified atom stereocenters. The molecule has 0 atom stereocenters. The molecule has 0 aromatic carbocycles. The average molecular weight is 196 g/mol. The minimum atomic E-state index is -0.0226. The summed E-state index contributed by atoms with van der Waals surface area (Å²) < 4.78 is 0. The second-order valence-electron chi connectivity index (χ2n) is 2.46. The molecule has 0 amide bonds. The molecule has 7 nitrogen and oxygen atoms in total. The molecular weight excluding hydrogens is 188 g/mol. The molecule has 0 radical (unpaired) electrons. The van der Waals surface area contributed by atoms with E-state index in [-0.39, 0.29) is 5.88 Å². The molecule has 7 heteroatoms. The number of hydrogen-bond donors (Lipinski definition) is 3.